The number of anilines is 1. The number of rotatable bonds is 9. The molecular weight excluding hydrogens is 462 g/mol. The van der Waals surface area contributed by atoms with E-state index in [9.17, 15) is 0 Å². The first-order valence-electron chi connectivity index (χ1n) is 14.2. The molecule has 6 rings (SSSR count). The Hall–Kier alpha value is -3.40. The predicted molar refractivity (Wildman–Crippen MR) is 159 cm³/mol. The summed E-state index contributed by atoms with van der Waals surface area (Å²) in [5, 5.41) is 0. The molecule has 4 aromatic rings. The number of hydrogen-bond acceptors (Lipinski definition) is 3. The monoisotopic (exact) mass is 501 g/mol. The van der Waals surface area contributed by atoms with Crippen LogP contribution in [0.25, 0.3) is 0 Å². The van der Waals surface area contributed by atoms with Crippen molar-refractivity contribution >= 4 is 5.69 Å². The number of hydrogen-bond donors (Lipinski definition) is 0. The van der Waals surface area contributed by atoms with Gasteiger partial charge in [-0.25, -0.2) is 0 Å². The van der Waals surface area contributed by atoms with Gasteiger partial charge in [0.1, 0.15) is 0 Å². The van der Waals surface area contributed by atoms with Crippen LogP contribution in [0.3, 0.4) is 0 Å². The zero-order chi connectivity index (χ0) is 25.8. The van der Waals surface area contributed by atoms with Crippen molar-refractivity contribution in [1.82, 2.24) is 9.80 Å². The molecule has 2 aliphatic rings. The van der Waals surface area contributed by atoms with Gasteiger partial charge in [0.2, 0.25) is 0 Å². The van der Waals surface area contributed by atoms with Crippen molar-refractivity contribution in [3.63, 3.8) is 0 Å². The van der Waals surface area contributed by atoms with E-state index in [1.807, 2.05) is 0 Å². The van der Waals surface area contributed by atoms with E-state index in [1.54, 1.807) is 5.56 Å². The van der Waals surface area contributed by atoms with Crippen LogP contribution in [0.15, 0.2) is 115 Å². The molecule has 1 saturated heterocycles. The number of likely N-dealkylation sites (N-methyl/N-ethyl adjacent to an activating group) is 1. The lowest BCUT2D eigenvalue weighted by Crippen LogP contribution is -2.52. The van der Waals surface area contributed by atoms with Crippen LogP contribution in [0.4, 0.5) is 5.69 Å². The van der Waals surface area contributed by atoms with Gasteiger partial charge in [-0.3, -0.25) is 9.80 Å². The maximum absolute atomic E-state index is 2.65. The normalized spacial score (nSPS) is 16.6. The van der Waals surface area contributed by atoms with Gasteiger partial charge in [-0.05, 0) is 54.1 Å². The summed E-state index contributed by atoms with van der Waals surface area (Å²) in [4.78, 5) is 7.84. The van der Waals surface area contributed by atoms with E-state index in [0.717, 1.165) is 45.2 Å². The molecule has 1 heterocycles. The molecule has 1 aliphatic heterocycles. The van der Waals surface area contributed by atoms with Crippen LogP contribution >= 0.6 is 0 Å². The molecule has 2 fully saturated rings. The minimum atomic E-state index is -0.352. The Morgan fingerprint density at radius 1 is 0.632 bits per heavy atom. The molecule has 0 N–H and O–H groups in total. The minimum Gasteiger partial charge on any atom is -0.369 e. The Morgan fingerprint density at radius 2 is 1.11 bits per heavy atom. The molecule has 0 amide bonds. The van der Waals surface area contributed by atoms with Crippen molar-refractivity contribution in [2.75, 3.05) is 51.2 Å². The lowest BCUT2D eigenvalue weighted by atomic mass is 9.76. The molecule has 1 saturated carbocycles. The van der Waals surface area contributed by atoms with Gasteiger partial charge < -0.3 is 4.90 Å². The van der Waals surface area contributed by atoms with Gasteiger partial charge in [0, 0.05) is 45.0 Å². The first-order chi connectivity index (χ1) is 18.8. The van der Waals surface area contributed by atoms with Crippen LogP contribution in [-0.4, -0.2) is 56.1 Å². The van der Waals surface area contributed by atoms with Crippen LogP contribution in [0, 0.1) is 0 Å². The maximum Gasteiger partial charge on any atom is 0.0970 e. The van der Waals surface area contributed by atoms with Crippen LogP contribution in [0.5, 0.6) is 0 Å². The first kappa shape index (κ1) is 24.9. The van der Waals surface area contributed by atoms with Crippen LogP contribution in [0.1, 0.15) is 41.0 Å². The molecule has 3 heteroatoms. The summed E-state index contributed by atoms with van der Waals surface area (Å²) in [5.41, 5.74) is 6.61. The highest BCUT2D eigenvalue weighted by molar-refractivity contribution is 5.56. The third-order valence-corrected chi connectivity index (χ3v) is 8.57. The zero-order valence-electron chi connectivity index (χ0n) is 22.5. The molecule has 0 aromatic heterocycles. The van der Waals surface area contributed by atoms with Gasteiger partial charge in [0.05, 0.1) is 5.54 Å². The molecule has 194 valence electrons. The summed E-state index contributed by atoms with van der Waals surface area (Å²) in [5.74, 6) is 0.792. The molecule has 3 nitrogen and oxygen atoms in total. The van der Waals surface area contributed by atoms with Gasteiger partial charge in [0.15, 0.2) is 0 Å². The number of piperazine rings is 1. The second-order valence-corrected chi connectivity index (χ2v) is 10.9. The van der Waals surface area contributed by atoms with Crippen molar-refractivity contribution in [3.05, 3.63) is 138 Å². The molecular formula is C35H39N3. The summed E-state index contributed by atoms with van der Waals surface area (Å²) in [6.45, 7) is 6.48. The highest BCUT2D eigenvalue weighted by Crippen LogP contribution is 2.44. The van der Waals surface area contributed by atoms with Gasteiger partial charge in [0.25, 0.3) is 0 Å². The Balaban J connectivity index is 1.22. The molecule has 0 bridgehead atoms. The van der Waals surface area contributed by atoms with E-state index >= 15 is 0 Å². The Bertz CT molecular complexity index is 1200. The largest absolute Gasteiger partial charge is 0.369 e. The maximum atomic E-state index is 2.65. The second-order valence-electron chi connectivity index (χ2n) is 10.9. The van der Waals surface area contributed by atoms with Crippen LogP contribution in [0.2, 0.25) is 0 Å². The van der Waals surface area contributed by atoms with E-state index in [2.05, 4.69) is 137 Å². The topological polar surface area (TPSA) is 9.72 Å². The molecule has 4 aromatic carbocycles. The van der Waals surface area contributed by atoms with Gasteiger partial charge in [-0.15, -0.1) is 0 Å². The van der Waals surface area contributed by atoms with E-state index < -0.39 is 0 Å². The lowest BCUT2D eigenvalue weighted by molar-refractivity contribution is 0.157. The summed E-state index contributed by atoms with van der Waals surface area (Å²) < 4.78 is 0. The van der Waals surface area contributed by atoms with Crippen molar-refractivity contribution in [3.8, 4) is 0 Å². The summed E-state index contributed by atoms with van der Waals surface area (Å²) in [6, 6.07) is 42.2. The third kappa shape index (κ3) is 4.89. The SMILES string of the molecule is CN(CCN1CCN(c2ccccc2C2CC2)CC1)C(c1ccccc1)(c1ccccc1)c1ccccc1. The Kier molecular flexibility index (Phi) is 7.31. The van der Waals surface area contributed by atoms with Crippen molar-refractivity contribution < 1.29 is 0 Å². The van der Waals surface area contributed by atoms with E-state index in [1.165, 1.54) is 35.2 Å². The molecule has 1 aliphatic carbocycles. The average Bonchev–Trinajstić information content (AvgIpc) is 3.84. The molecule has 0 spiro atoms. The number of nitrogens with zero attached hydrogens (tertiary/aromatic N) is 3. The smallest absolute Gasteiger partial charge is 0.0970 e. The van der Waals surface area contributed by atoms with E-state index in [4.69, 9.17) is 0 Å². The Morgan fingerprint density at radius 3 is 1.61 bits per heavy atom. The fourth-order valence-electron chi connectivity index (χ4n) is 6.39. The number of para-hydroxylation sites is 1. The quantitative estimate of drug-likeness (QED) is 0.239. The zero-order valence-corrected chi connectivity index (χ0v) is 22.5. The molecule has 0 atom stereocenters. The van der Waals surface area contributed by atoms with Gasteiger partial charge in [-0.2, -0.15) is 0 Å². The summed E-state index contributed by atoms with van der Waals surface area (Å²) in [6.07, 6.45) is 2.71. The highest BCUT2D eigenvalue weighted by Gasteiger charge is 2.40. The van der Waals surface area contributed by atoms with Gasteiger partial charge >= 0.3 is 0 Å². The van der Waals surface area contributed by atoms with Gasteiger partial charge in [-0.1, -0.05) is 109 Å². The summed E-state index contributed by atoms with van der Waals surface area (Å²) in [7, 11) is 2.30. The second kappa shape index (κ2) is 11.1. The summed E-state index contributed by atoms with van der Waals surface area (Å²) >= 11 is 0. The minimum absolute atomic E-state index is 0.352. The van der Waals surface area contributed by atoms with Crippen molar-refractivity contribution in [2.24, 2.45) is 0 Å². The predicted octanol–water partition coefficient (Wildman–Crippen LogP) is 6.61. The third-order valence-electron chi connectivity index (χ3n) is 8.57. The first-order valence-corrected chi connectivity index (χ1v) is 14.2. The van der Waals surface area contributed by atoms with Crippen LogP contribution in [-0.2, 0) is 5.54 Å². The number of benzene rings is 4. The van der Waals surface area contributed by atoms with Crippen LogP contribution < -0.4 is 4.90 Å². The van der Waals surface area contributed by atoms with E-state index in [0.29, 0.717) is 0 Å². The molecule has 38 heavy (non-hydrogen) atoms. The fourth-order valence-corrected chi connectivity index (χ4v) is 6.39. The molecule has 0 unspecified atom stereocenters. The Labute approximate surface area is 228 Å². The van der Waals surface area contributed by atoms with Crippen molar-refractivity contribution in [2.45, 2.75) is 24.3 Å². The van der Waals surface area contributed by atoms with E-state index in [-0.39, 0.29) is 5.54 Å². The fraction of sp³-hybridized carbons (Fsp3) is 0.314. The van der Waals surface area contributed by atoms with Crippen molar-refractivity contribution in [1.29, 1.82) is 0 Å². The standard InChI is InChI=1S/C35H39N3/c1-36(23-24-37-25-27-38(28-26-37)34-20-12-11-19-33(34)29-21-22-29)35(30-13-5-2-6-14-30,31-15-7-3-8-16-31)32-17-9-4-10-18-32/h2-20,29H,21-28H2,1H3. The highest BCUT2D eigenvalue weighted by atomic mass is 15.3. The lowest BCUT2D eigenvalue weighted by Gasteiger charge is -2.45. The molecule has 0 radical (unpaired) electrons. The average molecular weight is 502 g/mol.